The summed E-state index contributed by atoms with van der Waals surface area (Å²) in [5.74, 6) is 0.524. The normalized spacial score (nSPS) is 10.5. The Balaban J connectivity index is 3.68. The Morgan fingerprint density at radius 1 is 1.11 bits per heavy atom. The van der Waals surface area contributed by atoms with E-state index in [0.29, 0.717) is 6.42 Å². The summed E-state index contributed by atoms with van der Waals surface area (Å²) >= 11 is 3.53. The van der Waals surface area contributed by atoms with Gasteiger partial charge in [-0.1, -0.05) is 43.6 Å². The van der Waals surface area contributed by atoms with E-state index in [9.17, 15) is 5.26 Å². The predicted octanol–water partition coefficient (Wildman–Crippen LogP) is 4.63. The van der Waals surface area contributed by atoms with Gasteiger partial charge in [-0.05, 0) is 34.6 Å². The summed E-state index contributed by atoms with van der Waals surface area (Å²) < 4.78 is 0.934. The maximum Gasteiger partial charge on any atom is 0.0998 e. The molecule has 0 fully saturated rings. The second-order valence-corrected chi connectivity index (χ2v) is 5.83. The third-order valence-corrected chi connectivity index (χ3v) is 3.63. The van der Waals surface area contributed by atoms with E-state index in [-0.39, 0.29) is 11.8 Å². The van der Waals surface area contributed by atoms with Gasteiger partial charge in [-0.15, -0.1) is 0 Å². The maximum absolute atomic E-state index is 9.46. The molecule has 0 saturated heterocycles. The third kappa shape index (κ3) is 2.74. The first-order valence-electron chi connectivity index (χ1n) is 6.06. The van der Waals surface area contributed by atoms with Crippen LogP contribution in [0.4, 0.5) is 0 Å². The highest BCUT2D eigenvalue weighted by molar-refractivity contribution is 9.10. The molecule has 0 aliphatic heterocycles. The van der Waals surface area contributed by atoms with Gasteiger partial charge in [-0.25, -0.2) is 0 Å². The molecule has 0 atom stereocenters. The van der Waals surface area contributed by atoms with E-state index in [4.69, 9.17) is 5.26 Å². The Morgan fingerprint density at radius 2 is 1.67 bits per heavy atom. The fourth-order valence-corrected chi connectivity index (χ4v) is 3.24. The number of hydrogen-bond acceptors (Lipinski definition) is 2. The molecule has 0 aromatic heterocycles. The second kappa shape index (κ2) is 6.03. The van der Waals surface area contributed by atoms with Crippen molar-refractivity contribution in [2.24, 2.45) is 0 Å². The van der Waals surface area contributed by atoms with Crippen LogP contribution in [0.25, 0.3) is 0 Å². The van der Waals surface area contributed by atoms with Gasteiger partial charge in [0.25, 0.3) is 0 Å². The number of halogens is 1. The first-order valence-corrected chi connectivity index (χ1v) is 6.85. The molecule has 94 valence electrons. The molecule has 0 saturated carbocycles. The molecular formula is C15H17BrN2. The van der Waals surface area contributed by atoms with Gasteiger partial charge in [0.2, 0.25) is 0 Å². The van der Waals surface area contributed by atoms with Crippen LogP contribution in [0.5, 0.6) is 0 Å². The van der Waals surface area contributed by atoms with Crippen molar-refractivity contribution in [2.45, 2.75) is 46.0 Å². The Bertz CT molecular complexity index is 531. The van der Waals surface area contributed by atoms with Crippen molar-refractivity contribution < 1.29 is 0 Å². The largest absolute Gasteiger partial charge is 0.198 e. The van der Waals surface area contributed by atoms with Crippen molar-refractivity contribution in [3.05, 3.63) is 32.8 Å². The third-order valence-electron chi connectivity index (χ3n) is 2.98. The van der Waals surface area contributed by atoms with Crippen molar-refractivity contribution >= 4 is 15.9 Å². The van der Waals surface area contributed by atoms with Gasteiger partial charge in [0, 0.05) is 4.47 Å². The molecule has 0 radical (unpaired) electrons. The van der Waals surface area contributed by atoms with Crippen LogP contribution in [0.2, 0.25) is 0 Å². The van der Waals surface area contributed by atoms with Gasteiger partial charge in [0.15, 0.2) is 0 Å². The standard InChI is InChI=1S/C15H17BrN2/c1-9(2)14-11(5-6-17)7-13(16)15(10(3)4)12(14)8-18/h7,9-10H,5H2,1-4H3. The molecule has 0 amide bonds. The summed E-state index contributed by atoms with van der Waals surface area (Å²) in [7, 11) is 0. The molecule has 0 bridgehead atoms. The lowest BCUT2D eigenvalue weighted by Gasteiger charge is -2.20. The molecule has 0 heterocycles. The molecule has 1 aromatic carbocycles. The van der Waals surface area contributed by atoms with Gasteiger partial charge < -0.3 is 0 Å². The lowest BCUT2D eigenvalue weighted by atomic mass is 9.85. The molecule has 0 N–H and O–H groups in total. The predicted molar refractivity (Wildman–Crippen MR) is 76.4 cm³/mol. The zero-order valence-corrected chi connectivity index (χ0v) is 12.8. The van der Waals surface area contributed by atoms with Crippen LogP contribution in [0.1, 0.15) is 61.8 Å². The van der Waals surface area contributed by atoms with Crippen molar-refractivity contribution in [3.63, 3.8) is 0 Å². The SMILES string of the molecule is CC(C)c1c(Br)cc(CC#N)c(C(C)C)c1C#N. The summed E-state index contributed by atoms with van der Waals surface area (Å²) in [5.41, 5.74) is 3.76. The van der Waals surface area contributed by atoms with Crippen molar-refractivity contribution in [1.82, 2.24) is 0 Å². The average molecular weight is 305 g/mol. The highest BCUT2D eigenvalue weighted by Crippen LogP contribution is 2.36. The Hall–Kier alpha value is -1.32. The first-order chi connectivity index (χ1) is 8.43. The van der Waals surface area contributed by atoms with E-state index >= 15 is 0 Å². The summed E-state index contributed by atoms with van der Waals surface area (Å²) in [6.07, 6.45) is 0.346. The zero-order chi connectivity index (χ0) is 13.9. The Morgan fingerprint density at radius 3 is 2.06 bits per heavy atom. The molecule has 18 heavy (non-hydrogen) atoms. The summed E-state index contributed by atoms with van der Waals surface area (Å²) in [6.45, 7) is 8.29. The minimum atomic E-state index is 0.244. The van der Waals surface area contributed by atoms with Crippen LogP contribution in [-0.4, -0.2) is 0 Å². The van der Waals surface area contributed by atoms with Crippen LogP contribution in [0, 0.1) is 22.7 Å². The molecule has 2 nitrogen and oxygen atoms in total. The van der Waals surface area contributed by atoms with Gasteiger partial charge in [0.05, 0.1) is 24.1 Å². The smallest absolute Gasteiger partial charge is 0.0998 e. The first kappa shape index (κ1) is 14.7. The van der Waals surface area contributed by atoms with Crippen LogP contribution in [0.15, 0.2) is 10.5 Å². The summed E-state index contributed by atoms with van der Waals surface area (Å²) in [4.78, 5) is 0. The minimum Gasteiger partial charge on any atom is -0.198 e. The van der Waals surface area contributed by atoms with Gasteiger partial charge in [-0.2, -0.15) is 10.5 Å². The monoisotopic (exact) mass is 304 g/mol. The molecule has 1 rings (SSSR count). The van der Waals surface area contributed by atoms with E-state index in [2.05, 4.69) is 55.8 Å². The number of nitrogens with zero attached hydrogens (tertiary/aromatic N) is 2. The number of rotatable bonds is 3. The highest BCUT2D eigenvalue weighted by atomic mass is 79.9. The summed E-state index contributed by atoms with van der Waals surface area (Å²) in [5, 5.41) is 18.4. The number of nitriles is 2. The van der Waals surface area contributed by atoms with Crippen molar-refractivity contribution in [3.8, 4) is 12.1 Å². The average Bonchev–Trinajstić information content (AvgIpc) is 2.27. The number of benzene rings is 1. The summed E-state index contributed by atoms with van der Waals surface area (Å²) in [6, 6.07) is 6.50. The highest BCUT2D eigenvalue weighted by Gasteiger charge is 2.20. The quantitative estimate of drug-likeness (QED) is 0.817. The van der Waals surface area contributed by atoms with Crippen LogP contribution >= 0.6 is 15.9 Å². The van der Waals surface area contributed by atoms with Crippen molar-refractivity contribution in [2.75, 3.05) is 0 Å². The van der Waals surface area contributed by atoms with E-state index in [0.717, 1.165) is 26.7 Å². The molecule has 3 heteroatoms. The van der Waals surface area contributed by atoms with Crippen LogP contribution < -0.4 is 0 Å². The Labute approximate surface area is 117 Å². The van der Waals surface area contributed by atoms with E-state index in [1.165, 1.54) is 0 Å². The maximum atomic E-state index is 9.46. The fourth-order valence-electron chi connectivity index (χ4n) is 2.31. The minimum absolute atomic E-state index is 0.244. The molecule has 0 unspecified atom stereocenters. The molecular weight excluding hydrogens is 288 g/mol. The zero-order valence-electron chi connectivity index (χ0n) is 11.2. The lowest BCUT2D eigenvalue weighted by molar-refractivity contribution is 0.812. The Kier molecular flexibility index (Phi) is 4.93. The number of hydrogen-bond donors (Lipinski definition) is 0. The second-order valence-electron chi connectivity index (χ2n) is 4.98. The van der Waals surface area contributed by atoms with Crippen LogP contribution in [-0.2, 0) is 6.42 Å². The molecule has 1 aromatic rings. The van der Waals surface area contributed by atoms with Gasteiger partial charge >= 0.3 is 0 Å². The van der Waals surface area contributed by atoms with Crippen molar-refractivity contribution in [1.29, 1.82) is 10.5 Å². The molecule has 0 aliphatic rings. The topological polar surface area (TPSA) is 47.6 Å². The van der Waals surface area contributed by atoms with Crippen LogP contribution in [0.3, 0.4) is 0 Å². The molecule has 0 spiro atoms. The van der Waals surface area contributed by atoms with E-state index < -0.39 is 0 Å². The van der Waals surface area contributed by atoms with E-state index in [1.54, 1.807) is 0 Å². The lowest BCUT2D eigenvalue weighted by Crippen LogP contribution is -2.06. The fraction of sp³-hybridized carbons (Fsp3) is 0.467. The van der Waals surface area contributed by atoms with Gasteiger partial charge in [0.1, 0.15) is 0 Å². The molecule has 0 aliphatic carbocycles. The van der Waals surface area contributed by atoms with Gasteiger partial charge in [-0.3, -0.25) is 0 Å². The van der Waals surface area contributed by atoms with E-state index in [1.807, 2.05) is 6.07 Å².